The average molecular weight is 421 g/mol. The number of ether oxygens (including phenoxy) is 1. The van der Waals surface area contributed by atoms with E-state index in [2.05, 4.69) is 25.1 Å². The van der Waals surface area contributed by atoms with E-state index in [0.717, 1.165) is 75.7 Å². The molecule has 2 aliphatic rings. The van der Waals surface area contributed by atoms with Gasteiger partial charge >= 0.3 is 0 Å². The van der Waals surface area contributed by atoms with E-state index in [1.807, 2.05) is 42.5 Å². The van der Waals surface area contributed by atoms with Crippen LogP contribution >= 0.6 is 0 Å². The zero-order valence-electron chi connectivity index (χ0n) is 17.6. The Bertz CT molecular complexity index is 1010. The molecule has 0 unspecified atom stereocenters. The van der Waals surface area contributed by atoms with Gasteiger partial charge in [-0.15, -0.1) is 15.3 Å². The molecule has 0 saturated carbocycles. The minimum atomic E-state index is 0.118. The maximum Gasteiger partial charge on any atom is 0.225 e. The lowest BCUT2D eigenvalue weighted by molar-refractivity contribution is -0.137. The SMILES string of the molecule is O=C(C1CCN(c2ccc3nncn3n2)CC1)N1CCC(COc2ccccc2)CC1. The Morgan fingerprint density at radius 3 is 2.52 bits per heavy atom. The fourth-order valence-corrected chi connectivity index (χ4v) is 4.55. The predicted octanol–water partition coefficient (Wildman–Crippen LogP) is 2.66. The predicted molar refractivity (Wildman–Crippen MR) is 117 cm³/mol. The Labute approximate surface area is 181 Å². The van der Waals surface area contributed by atoms with Crippen LogP contribution in [-0.4, -0.2) is 63.4 Å². The van der Waals surface area contributed by atoms with Gasteiger partial charge in [-0.05, 0) is 55.9 Å². The molecule has 0 bridgehead atoms. The van der Waals surface area contributed by atoms with Gasteiger partial charge in [0.15, 0.2) is 5.65 Å². The van der Waals surface area contributed by atoms with Crippen molar-refractivity contribution in [2.75, 3.05) is 37.7 Å². The number of amides is 1. The number of hydrogen-bond acceptors (Lipinski definition) is 6. The smallest absolute Gasteiger partial charge is 0.225 e. The maximum atomic E-state index is 13.1. The first-order valence-corrected chi connectivity index (χ1v) is 11.1. The summed E-state index contributed by atoms with van der Waals surface area (Å²) in [5, 5.41) is 12.5. The van der Waals surface area contributed by atoms with E-state index in [1.54, 1.807) is 10.8 Å². The van der Waals surface area contributed by atoms with Gasteiger partial charge in [-0.1, -0.05) is 18.2 Å². The lowest BCUT2D eigenvalue weighted by Crippen LogP contribution is -2.46. The van der Waals surface area contributed by atoms with Crippen molar-refractivity contribution in [3.8, 4) is 5.75 Å². The summed E-state index contributed by atoms with van der Waals surface area (Å²) < 4.78 is 7.60. The molecule has 1 amide bonds. The second-order valence-electron chi connectivity index (χ2n) is 8.48. The van der Waals surface area contributed by atoms with Gasteiger partial charge in [0, 0.05) is 32.1 Å². The molecular formula is C23H28N6O2. The Morgan fingerprint density at radius 2 is 1.74 bits per heavy atom. The molecule has 2 aromatic heterocycles. The number of fused-ring (bicyclic) bond motifs is 1. The molecule has 4 heterocycles. The molecule has 31 heavy (non-hydrogen) atoms. The Balaban J connectivity index is 1.08. The highest BCUT2D eigenvalue weighted by molar-refractivity contribution is 5.79. The van der Waals surface area contributed by atoms with Crippen molar-refractivity contribution in [1.82, 2.24) is 24.7 Å². The molecule has 5 rings (SSSR count). The van der Waals surface area contributed by atoms with E-state index in [-0.39, 0.29) is 5.92 Å². The van der Waals surface area contributed by atoms with E-state index >= 15 is 0 Å². The van der Waals surface area contributed by atoms with Gasteiger partial charge in [-0.2, -0.15) is 4.52 Å². The lowest BCUT2D eigenvalue weighted by atomic mass is 9.92. The monoisotopic (exact) mass is 420 g/mol. The van der Waals surface area contributed by atoms with E-state index in [0.29, 0.717) is 11.8 Å². The third-order valence-corrected chi connectivity index (χ3v) is 6.47. The van der Waals surface area contributed by atoms with Crippen molar-refractivity contribution in [2.24, 2.45) is 11.8 Å². The fraction of sp³-hybridized carbons (Fsp3) is 0.478. The number of aromatic nitrogens is 4. The summed E-state index contributed by atoms with van der Waals surface area (Å²) in [6, 6.07) is 13.9. The number of benzene rings is 1. The highest BCUT2D eigenvalue weighted by Crippen LogP contribution is 2.26. The largest absolute Gasteiger partial charge is 0.493 e. The van der Waals surface area contributed by atoms with Gasteiger partial charge in [-0.25, -0.2) is 0 Å². The average Bonchev–Trinajstić information content (AvgIpc) is 3.31. The van der Waals surface area contributed by atoms with Crippen LogP contribution in [0.15, 0.2) is 48.8 Å². The first-order valence-electron chi connectivity index (χ1n) is 11.1. The number of nitrogens with zero attached hydrogens (tertiary/aromatic N) is 6. The van der Waals surface area contributed by atoms with Crippen LogP contribution in [0.25, 0.3) is 5.65 Å². The number of para-hydroxylation sites is 1. The Kier molecular flexibility index (Phi) is 5.69. The molecule has 1 aromatic carbocycles. The van der Waals surface area contributed by atoms with Crippen LogP contribution in [-0.2, 0) is 4.79 Å². The number of carbonyl (C=O) groups excluding carboxylic acids is 1. The number of anilines is 1. The molecule has 0 aliphatic carbocycles. The number of likely N-dealkylation sites (tertiary alicyclic amines) is 1. The van der Waals surface area contributed by atoms with E-state index in [9.17, 15) is 4.79 Å². The van der Waals surface area contributed by atoms with Gasteiger partial charge in [-0.3, -0.25) is 4.79 Å². The molecule has 2 saturated heterocycles. The van der Waals surface area contributed by atoms with E-state index < -0.39 is 0 Å². The topological polar surface area (TPSA) is 75.9 Å². The molecule has 8 heteroatoms. The zero-order valence-corrected chi connectivity index (χ0v) is 17.6. The molecule has 2 aliphatic heterocycles. The van der Waals surface area contributed by atoms with Crippen molar-refractivity contribution in [3.05, 3.63) is 48.8 Å². The van der Waals surface area contributed by atoms with Crippen LogP contribution in [0.2, 0.25) is 0 Å². The molecule has 3 aromatic rings. The zero-order chi connectivity index (χ0) is 21.0. The van der Waals surface area contributed by atoms with Crippen molar-refractivity contribution < 1.29 is 9.53 Å². The molecule has 0 spiro atoms. The summed E-state index contributed by atoms with van der Waals surface area (Å²) in [5.74, 6) is 2.80. The van der Waals surface area contributed by atoms with Crippen LogP contribution in [0.4, 0.5) is 5.82 Å². The Hall–Kier alpha value is -3.16. The normalized spacial score (nSPS) is 18.5. The molecule has 2 fully saturated rings. The van der Waals surface area contributed by atoms with Gasteiger partial charge < -0.3 is 14.5 Å². The molecular weight excluding hydrogens is 392 g/mol. The highest BCUT2D eigenvalue weighted by atomic mass is 16.5. The van der Waals surface area contributed by atoms with Gasteiger partial charge in [0.2, 0.25) is 5.91 Å². The van der Waals surface area contributed by atoms with Crippen molar-refractivity contribution in [2.45, 2.75) is 25.7 Å². The van der Waals surface area contributed by atoms with Gasteiger partial charge in [0.05, 0.1) is 6.61 Å². The van der Waals surface area contributed by atoms with Crippen molar-refractivity contribution in [1.29, 1.82) is 0 Å². The fourth-order valence-electron chi connectivity index (χ4n) is 4.55. The van der Waals surface area contributed by atoms with Crippen LogP contribution in [0, 0.1) is 11.8 Å². The first kappa shape index (κ1) is 19.8. The maximum absolute atomic E-state index is 13.1. The van der Waals surface area contributed by atoms with Crippen LogP contribution in [0.3, 0.4) is 0 Å². The number of rotatable bonds is 5. The quantitative estimate of drug-likeness (QED) is 0.632. The minimum absolute atomic E-state index is 0.118. The molecule has 0 atom stereocenters. The third kappa shape index (κ3) is 4.47. The van der Waals surface area contributed by atoms with E-state index in [1.165, 1.54) is 0 Å². The van der Waals surface area contributed by atoms with Crippen LogP contribution in [0.5, 0.6) is 5.75 Å². The van der Waals surface area contributed by atoms with E-state index in [4.69, 9.17) is 4.74 Å². The summed E-state index contributed by atoms with van der Waals surface area (Å²) >= 11 is 0. The summed E-state index contributed by atoms with van der Waals surface area (Å²) in [5.41, 5.74) is 0.742. The van der Waals surface area contributed by atoms with Crippen molar-refractivity contribution >= 4 is 17.4 Å². The lowest BCUT2D eigenvalue weighted by Gasteiger charge is -2.37. The van der Waals surface area contributed by atoms with Gasteiger partial charge in [0.25, 0.3) is 0 Å². The van der Waals surface area contributed by atoms with Gasteiger partial charge in [0.1, 0.15) is 17.9 Å². The number of carbonyl (C=O) groups is 1. The number of hydrogen-bond donors (Lipinski definition) is 0. The second kappa shape index (κ2) is 8.91. The van der Waals surface area contributed by atoms with Crippen LogP contribution in [0.1, 0.15) is 25.7 Å². The second-order valence-corrected chi connectivity index (χ2v) is 8.48. The summed E-state index contributed by atoms with van der Waals surface area (Å²) in [6.45, 7) is 4.10. The third-order valence-electron chi connectivity index (χ3n) is 6.47. The molecule has 0 N–H and O–H groups in total. The Morgan fingerprint density at radius 1 is 0.968 bits per heavy atom. The summed E-state index contributed by atoms with van der Waals surface area (Å²) in [4.78, 5) is 17.4. The number of piperidine rings is 2. The molecule has 8 nitrogen and oxygen atoms in total. The summed E-state index contributed by atoms with van der Waals surface area (Å²) in [6.07, 6.45) is 5.39. The standard InChI is InChI=1S/C23H28N6O2/c30-23(28-12-8-18(9-13-28)16-31-20-4-2-1-3-5-20)19-10-14-27(15-11-19)22-7-6-21-25-24-17-29(21)26-22/h1-7,17-19H,8-16H2. The minimum Gasteiger partial charge on any atom is -0.493 e. The van der Waals surface area contributed by atoms with Crippen molar-refractivity contribution in [3.63, 3.8) is 0 Å². The molecule has 162 valence electrons. The van der Waals surface area contributed by atoms with Crippen LogP contribution < -0.4 is 9.64 Å². The molecule has 0 radical (unpaired) electrons. The highest BCUT2D eigenvalue weighted by Gasteiger charge is 2.31. The summed E-state index contributed by atoms with van der Waals surface area (Å²) in [7, 11) is 0. The first-order chi connectivity index (χ1) is 15.3.